The molecule has 6 nitrogen and oxygen atoms in total. The van der Waals surface area contributed by atoms with Crippen LogP contribution in [0.1, 0.15) is 25.3 Å². The van der Waals surface area contributed by atoms with Crippen LogP contribution in [-0.4, -0.2) is 40.6 Å². The summed E-state index contributed by atoms with van der Waals surface area (Å²) in [6.45, 7) is 2.95. The number of halogens is 3. The molecule has 2 atom stereocenters. The first-order valence-electron chi connectivity index (χ1n) is 10.7. The maximum Gasteiger partial charge on any atom is 0.317 e. The molecule has 5 rings (SSSR count). The van der Waals surface area contributed by atoms with Gasteiger partial charge < -0.3 is 10.5 Å². The quantitative estimate of drug-likeness (QED) is 0.384. The number of anilines is 1. The lowest BCUT2D eigenvalue weighted by molar-refractivity contribution is 0.112. The van der Waals surface area contributed by atoms with Gasteiger partial charge in [0.2, 0.25) is 0 Å². The van der Waals surface area contributed by atoms with E-state index in [2.05, 4.69) is 14.9 Å². The standard InChI is InChI=1S/C24H20ClF2N5OS/c1-11(17-4-3-7-32(17)2)33-24-30-10-12-8-15(25)19(20(27)21(12)31-24)13-5-6-16(26)22-18(13)14(9-28)23(29)34-22/h5-6,8,10-11,17H,3-4,7,29H2,1-2H3/t11?,17-/m0/s1. The van der Waals surface area contributed by atoms with Crippen LogP contribution in [0.4, 0.5) is 13.8 Å². The summed E-state index contributed by atoms with van der Waals surface area (Å²) in [5.74, 6) is -1.25. The summed E-state index contributed by atoms with van der Waals surface area (Å²) in [7, 11) is 2.04. The Morgan fingerprint density at radius 2 is 2.18 bits per heavy atom. The van der Waals surface area contributed by atoms with Crippen LogP contribution >= 0.6 is 22.9 Å². The van der Waals surface area contributed by atoms with Crippen molar-refractivity contribution < 1.29 is 13.5 Å². The molecule has 0 aliphatic carbocycles. The highest BCUT2D eigenvalue weighted by atomic mass is 35.5. The number of ether oxygens (including phenoxy) is 1. The number of rotatable bonds is 4. The summed E-state index contributed by atoms with van der Waals surface area (Å²) in [6, 6.07) is 6.45. The van der Waals surface area contributed by atoms with E-state index in [9.17, 15) is 9.65 Å². The smallest absolute Gasteiger partial charge is 0.317 e. The fourth-order valence-electron chi connectivity index (χ4n) is 4.67. The van der Waals surface area contributed by atoms with E-state index in [-0.39, 0.29) is 60.5 Å². The topological polar surface area (TPSA) is 88.1 Å². The zero-order valence-corrected chi connectivity index (χ0v) is 20.0. The van der Waals surface area contributed by atoms with Gasteiger partial charge in [-0.25, -0.2) is 13.8 Å². The zero-order valence-electron chi connectivity index (χ0n) is 18.4. The lowest BCUT2D eigenvalue weighted by atomic mass is 9.97. The van der Waals surface area contributed by atoms with E-state index < -0.39 is 11.6 Å². The number of nitriles is 1. The van der Waals surface area contributed by atoms with Gasteiger partial charge in [-0.05, 0) is 51.1 Å². The first-order chi connectivity index (χ1) is 16.3. The number of aromatic nitrogens is 2. The minimum absolute atomic E-state index is 0.0155. The van der Waals surface area contributed by atoms with Crippen molar-refractivity contribution in [1.29, 1.82) is 5.26 Å². The number of likely N-dealkylation sites (N-methyl/N-ethyl adjacent to an activating group) is 1. The molecular weight excluding hydrogens is 480 g/mol. The van der Waals surface area contributed by atoms with Gasteiger partial charge in [-0.15, -0.1) is 11.3 Å². The summed E-state index contributed by atoms with van der Waals surface area (Å²) in [6.07, 6.45) is 3.38. The Morgan fingerprint density at radius 1 is 1.38 bits per heavy atom. The number of nitrogens with zero attached hydrogens (tertiary/aromatic N) is 4. The molecular formula is C24H20ClF2N5OS. The molecule has 1 unspecified atom stereocenters. The van der Waals surface area contributed by atoms with Crippen molar-refractivity contribution >= 4 is 48.9 Å². The number of likely N-dealkylation sites (tertiary alicyclic amines) is 1. The third kappa shape index (κ3) is 3.63. The minimum atomic E-state index is -0.707. The second-order valence-electron chi connectivity index (χ2n) is 8.40. The van der Waals surface area contributed by atoms with Crippen molar-refractivity contribution in [3.8, 4) is 23.2 Å². The van der Waals surface area contributed by atoms with Crippen LogP contribution in [-0.2, 0) is 0 Å². The van der Waals surface area contributed by atoms with Crippen LogP contribution in [0.3, 0.4) is 0 Å². The number of hydrogen-bond donors (Lipinski definition) is 1. The fraction of sp³-hybridized carbons (Fsp3) is 0.292. The molecule has 0 radical (unpaired) electrons. The molecule has 3 heterocycles. The maximum absolute atomic E-state index is 15.9. The van der Waals surface area contributed by atoms with Gasteiger partial charge in [0.05, 0.1) is 15.3 Å². The van der Waals surface area contributed by atoms with E-state index in [0.717, 1.165) is 30.7 Å². The second-order valence-corrected chi connectivity index (χ2v) is 9.86. The fourth-order valence-corrected chi connectivity index (χ4v) is 5.93. The van der Waals surface area contributed by atoms with Gasteiger partial charge in [0.25, 0.3) is 0 Å². The van der Waals surface area contributed by atoms with Gasteiger partial charge in [0, 0.05) is 28.6 Å². The van der Waals surface area contributed by atoms with Gasteiger partial charge in [0.1, 0.15) is 28.5 Å². The predicted molar refractivity (Wildman–Crippen MR) is 130 cm³/mol. The van der Waals surface area contributed by atoms with E-state index in [1.54, 1.807) is 6.07 Å². The van der Waals surface area contributed by atoms with Crippen molar-refractivity contribution in [2.24, 2.45) is 0 Å². The van der Waals surface area contributed by atoms with E-state index in [1.807, 2.05) is 20.0 Å². The van der Waals surface area contributed by atoms with Crippen molar-refractivity contribution in [3.63, 3.8) is 0 Å². The summed E-state index contributed by atoms with van der Waals surface area (Å²) >= 11 is 7.42. The van der Waals surface area contributed by atoms with E-state index in [0.29, 0.717) is 5.39 Å². The molecule has 0 saturated carbocycles. The van der Waals surface area contributed by atoms with Crippen LogP contribution in [0.2, 0.25) is 5.02 Å². The number of nitrogens with two attached hydrogens (primary N) is 1. The highest BCUT2D eigenvalue weighted by Gasteiger charge is 2.29. The van der Waals surface area contributed by atoms with E-state index >= 15 is 4.39 Å². The monoisotopic (exact) mass is 499 g/mol. The molecule has 34 heavy (non-hydrogen) atoms. The number of benzene rings is 2. The Balaban J connectivity index is 1.65. The van der Waals surface area contributed by atoms with Gasteiger partial charge in [-0.3, -0.25) is 4.90 Å². The normalized spacial score (nSPS) is 17.4. The van der Waals surface area contributed by atoms with Crippen molar-refractivity contribution in [1.82, 2.24) is 14.9 Å². The number of nitrogen functional groups attached to an aromatic ring is 1. The average Bonchev–Trinajstić information content (AvgIpc) is 3.38. The third-order valence-electron chi connectivity index (χ3n) is 6.35. The molecule has 0 amide bonds. The molecule has 0 spiro atoms. The molecule has 4 aromatic rings. The van der Waals surface area contributed by atoms with Crippen molar-refractivity contribution in [2.45, 2.75) is 31.9 Å². The second kappa shape index (κ2) is 8.62. The molecule has 0 bridgehead atoms. The molecule has 174 valence electrons. The molecule has 2 N–H and O–H groups in total. The minimum Gasteiger partial charge on any atom is -0.459 e. The Bertz CT molecular complexity index is 1480. The van der Waals surface area contributed by atoms with E-state index in [1.165, 1.54) is 18.3 Å². The summed E-state index contributed by atoms with van der Waals surface area (Å²) in [5, 5.41) is 10.5. The summed E-state index contributed by atoms with van der Waals surface area (Å²) in [5.41, 5.74) is 6.33. The zero-order chi connectivity index (χ0) is 24.1. The van der Waals surface area contributed by atoms with Crippen molar-refractivity contribution in [2.75, 3.05) is 19.3 Å². The molecule has 2 aromatic heterocycles. The van der Waals surface area contributed by atoms with Crippen LogP contribution in [0.15, 0.2) is 24.4 Å². The largest absolute Gasteiger partial charge is 0.459 e. The Morgan fingerprint density at radius 3 is 2.88 bits per heavy atom. The molecule has 10 heteroatoms. The first-order valence-corrected chi connectivity index (χ1v) is 11.9. The van der Waals surface area contributed by atoms with Crippen LogP contribution in [0.25, 0.3) is 32.1 Å². The van der Waals surface area contributed by atoms with Gasteiger partial charge >= 0.3 is 6.01 Å². The molecule has 1 saturated heterocycles. The van der Waals surface area contributed by atoms with E-state index in [4.69, 9.17) is 22.1 Å². The van der Waals surface area contributed by atoms with Gasteiger partial charge in [-0.1, -0.05) is 17.7 Å². The number of thiophene rings is 1. The SMILES string of the molecule is CC(Oc1ncc2cc(Cl)c(-c3ccc(F)c4sc(N)c(C#N)c34)c(F)c2n1)[C@@H]1CCCN1C. The summed E-state index contributed by atoms with van der Waals surface area (Å²) < 4.78 is 36.5. The Labute approximate surface area is 203 Å². The highest BCUT2D eigenvalue weighted by Crippen LogP contribution is 2.44. The van der Waals surface area contributed by atoms with Crippen LogP contribution in [0, 0.1) is 23.0 Å². The lowest BCUT2D eigenvalue weighted by Crippen LogP contribution is -2.38. The Kier molecular flexibility index (Phi) is 5.76. The molecule has 1 fully saturated rings. The van der Waals surface area contributed by atoms with Crippen LogP contribution < -0.4 is 10.5 Å². The van der Waals surface area contributed by atoms with Gasteiger partial charge in [-0.2, -0.15) is 10.2 Å². The van der Waals surface area contributed by atoms with Gasteiger partial charge in [0.15, 0.2) is 5.82 Å². The third-order valence-corrected chi connectivity index (χ3v) is 7.68. The maximum atomic E-state index is 15.9. The Hall–Kier alpha value is -3.06. The first kappa shape index (κ1) is 22.7. The number of hydrogen-bond acceptors (Lipinski definition) is 7. The average molecular weight is 500 g/mol. The predicted octanol–water partition coefficient (Wildman–Crippen LogP) is 5.76. The van der Waals surface area contributed by atoms with Crippen LogP contribution in [0.5, 0.6) is 6.01 Å². The number of fused-ring (bicyclic) bond motifs is 2. The molecule has 1 aliphatic heterocycles. The molecule has 1 aliphatic rings. The highest BCUT2D eigenvalue weighted by molar-refractivity contribution is 7.23. The molecule has 2 aromatic carbocycles. The summed E-state index contributed by atoms with van der Waals surface area (Å²) in [4.78, 5) is 10.8. The van der Waals surface area contributed by atoms with Crippen molar-refractivity contribution in [3.05, 3.63) is 46.6 Å². The lowest BCUT2D eigenvalue weighted by Gasteiger charge is -2.25.